The van der Waals surface area contributed by atoms with E-state index in [0.717, 1.165) is 0 Å². The highest BCUT2D eigenvalue weighted by molar-refractivity contribution is 8.06. The number of unbranched alkanes of at least 4 members (excludes halogenated alkanes) is 33. The average molecular weight is 823 g/mol. The molecule has 0 aromatic rings. The first-order valence-electron chi connectivity index (χ1n) is 22.3. The molecule has 0 aliphatic rings. The Hall–Kier alpha value is 1.06. The molecule has 0 spiro atoms. The Balaban J connectivity index is -0.000000187. The van der Waals surface area contributed by atoms with E-state index in [2.05, 4.69) is 65.2 Å². The van der Waals surface area contributed by atoms with Gasteiger partial charge in [0.2, 0.25) is 0 Å². The van der Waals surface area contributed by atoms with Gasteiger partial charge in [-0.3, -0.25) is 0 Å². The lowest BCUT2D eigenvalue weighted by Gasteiger charge is -2.01. The molecular formula is C42H96O6P2S2. The van der Waals surface area contributed by atoms with Gasteiger partial charge in [0.1, 0.15) is 0 Å². The van der Waals surface area contributed by atoms with E-state index in [9.17, 15) is 0 Å². The number of rotatable bonds is 33. The Labute approximate surface area is 337 Å². The molecule has 0 unspecified atom stereocenters. The molecule has 0 aromatic heterocycles. The zero-order chi connectivity index (χ0) is 40.5. The maximum atomic E-state index is 7.56. The van der Waals surface area contributed by atoms with Gasteiger partial charge in [-0.1, -0.05) is 273 Å². The molecule has 0 heterocycles. The molecule has 0 amide bonds. The third-order valence-corrected chi connectivity index (χ3v) is 8.87. The zero-order valence-corrected chi connectivity index (χ0v) is 39.3. The molecule has 0 saturated heterocycles. The lowest BCUT2D eigenvalue weighted by atomic mass is 10.1. The fraction of sp³-hybridized carbons (Fsp3) is 1.00. The molecule has 0 rings (SSSR count). The molecular weight excluding hydrogens is 727 g/mol. The molecule has 10 heteroatoms. The standard InChI is InChI=1S/3C14H30.2H3O3PS/c3*1-3-5-7-9-11-13-14-12-10-8-6-4-2;2*1-4(2,3)5/h3*3-14H2,1-2H3;2*(H3,1,2,3,5). The second kappa shape index (κ2) is 56.4. The van der Waals surface area contributed by atoms with Crippen molar-refractivity contribution in [1.29, 1.82) is 0 Å². The van der Waals surface area contributed by atoms with Crippen LogP contribution in [0.1, 0.15) is 273 Å². The van der Waals surface area contributed by atoms with Gasteiger partial charge in [-0.15, -0.1) is 0 Å². The van der Waals surface area contributed by atoms with Crippen molar-refractivity contribution in [2.45, 2.75) is 273 Å². The molecule has 52 heavy (non-hydrogen) atoms. The van der Waals surface area contributed by atoms with Crippen LogP contribution < -0.4 is 0 Å². The first kappa shape index (κ1) is 62.3. The van der Waals surface area contributed by atoms with Gasteiger partial charge in [0.25, 0.3) is 0 Å². The van der Waals surface area contributed by atoms with Gasteiger partial charge < -0.3 is 29.4 Å². The summed E-state index contributed by atoms with van der Waals surface area (Å²) in [7, 11) is 0. The topological polar surface area (TPSA) is 121 Å². The monoisotopic (exact) mass is 823 g/mol. The number of hydrogen-bond donors (Lipinski definition) is 6. The summed E-state index contributed by atoms with van der Waals surface area (Å²) in [5.41, 5.74) is 0. The molecule has 6 nitrogen and oxygen atoms in total. The van der Waals surface area contributed by atoms with Crippen molar-refractivity contribution < 1.29 is 29.4 Å². The smallest absolute Gasteiger partial charge is 0.319 e. The maximum absolute atomic E-state index is 7.56. The van der Waals surface area contributed by atoms with Gasteiger partial charge in [0.15, 0.2) is 0 Å². The Morgan fingerprint density at radius 3 is 0.327 bits per heavy atom. The summed E-state index contributed by atoms with van der Waals surface area (Å²) in [6.45, 7) is 6.10. The summed E-state index contributed by atoms with van der Waals surface area (Å²) in [5, 5.41) is 0. The first-order chi connectivity index (χ1) is 24.7. The van der Waals surface area contributed by atoms with Gasteiger partial charge in [-0.25, -0.2) is 0 Å². The van der Waals surface area contributed by atoms with Gasteiger partial charge in [-0.05, 0) is 23.6 Å². The molecule has 0 aliphatic carbocycles. The molecule has 322 valence electrons. The first-order valence-corrected chi connectivity index (χ1v) is 27.6. The van der Waals surface area contributed by atoms with E-state index in [1.165, 1.54) is 231 Å². The van der Waals surface area contributed by atoms with Crippen LogP contribution in [0.25, 0.3) is 0 Å². The summed E-state index contributed by atoms with van der Waals surface area (Å²) < 4.78 is 0. The Morgan fingerprint density at radius 2 is 0.269 bits per heavy atom. The molecule has 0 aromatic carbocycles. The summed E-state index contributed by atoms with van der Waals surface area (Å²) in [4.78, 5) is 45.3. The molecule has 0 aliphatic heterocycles. The molecule has 6 N–H and O–H groups in total. The zero-order valence-electron chi connectivity index (χ0n) is 35.9. The van der Waals surface area contributed by atoms with Crippen LogP contribution in [-0.4, -0.2) is 29.4 Å². The third kappa shape index (κ3) is 110. The van der Waals surface area contributed by atoms with E-state index in [1.54, 1.807) is 0 Å². The second-order valence-corrected chi connectivity index (χ2v) is 19.6. The summed E-state index contributed by atoms with van der Waals surface area (Å²) in [6.07, 6.45) is 52.3. The molecule has 0 fully saturated rings. The molecule has 0 saturated carbocycles. The van der Waals surface area contributed by atoms with Crippen LogP contribution in [0.4, 0.5) is 0 Å². The van der Waals surface area contributed by atoms with E-state index < -0.39 is 13.4 Å². The maximum Gasteiger partial charge on any atom is 0.319 e. The van der Waals surface area contributed by atoms with Crippen LogP contribution in [0.2, 0.25) is 0 Å². The quantitative estimate of drug-likeness (QED) is 0.0286. The van der Waals surface area contributed by atoms with Gasteiger partial charge in [-0.2, -0.15) is 0 Å². The Bertz CT molecular complexity index is 547. The minimum Gasteiger partial charge on any atom is -0.325 e. The predicted octanol–water partition coefficient (Wildman–Crippen LogP) is 15.5. The lowest BCUT2D eigenvalue weighted by Crippen LogP contribution is -1.81. The van der Waals surface area contributed by atoms with Crippen LogP contribution in [0.5, 0.6) is 0 Å². The normalized spacial score (nSPS) is 10.9. The third-order valence-electron chi connectivity index (χ3n) is 8.87. The Morgan fingerprint density at radius 1 is 0.212 bits per heavy atom. The van der Waals surface area contributed by atoms with E-state index in [1.807, 2.05) is 0 Å². The van der Waals surface area contributed by atoms with Crippen LogP contribution in [0, 0.1) is 0 Å². The van der Waals surface area contributed by atoms with Crippen molar-refractivity contribution in [3.05, 3.63) is 0 Å². The van der Waals surface area contributed by atoms with Crippen LogP contribution in [0.15, 0.2) is 0 Å². The molecule has 0 bridgehead atoms. The van der Waals surface area contributed by atoms with Crippen molar-refractivity contribution >= 4 is 37.1 Å². The van der Waals surface area contributed by atoms with E-state index in [-0.39, 0.29) is 0 Å². The Kier molecular flexibility index (Phi) is 67.5. The van der Waals surface area contributed by atoms with Crippen molar-refractivity contribution in [2.75, 3.05) is 0 Å². The summed E-state index contributed by atoms with van der Waals surface area (Å²) >= 11 is 7.21. The summed E-state index contributed by atoms with van der Waals surface area (Å²) in [6, 6.07) is 0. The van der Waals surface area contributed by atoms with Gasteiger partial charge >= 0.3 is 13.4 Å². The minimum atomic E-state index is -3.81. The van der Waals surface area contributed by atoms with Gasteiger partial charge in [0, 0.05) is 0 Å². The largest absolute Gasteiger partial charge is 0.325 e. The number of hydrogen-bond acceptors (Lipinski definition) is 2. The molecule has 0 atom stereocenters. The van der Waals surface area contributed by atoms with Crippen molar-refractivity contribution in [1.82, 2.24) is 0 Å². The van der Waals surface area contributed by atoms with Crippen molar-refractivity contribution in [3.8, 4) is 0 Å². The summed E-state index contributed by atoms with van der Waals surface area (Å²) in [5.74, 6) is 0. The van der Waals surface area contributed by atoms with Gasteiger partial charge in [0.05, 0.1) is 0 Å². The van der Waals surface area contributed by atoms with Crippen LogP contribution in [-0.2, 0) is 23.6 Å². The molecule has 0 radical (unpaired) electrons. The SMILES string of the molecule is CCCCCCCCCCCCCC.CCCCCCCCCCCCCC.CCCCCCCCCCCCCC.OP(O)(O)=S.OP(O)(O)=S. The van der Waals surface area contributed by atoms with E-state index >= 15 is 0 Å². The van der Waals surface area contributed by atoms with E-state index in [4.69, 9.17) is 29.4 Å². The minimum absolute atomic E-state index is 1.37. The lowest BCUT2D eigenvalue weighted by molar-refractivity contribution is 0.361. The van der Waals surface area contributed by atoms with Crippen molar-refractivity contribution in [3.63, 3.8) is 0 Å². The second-order valence-electron chi connectivity index (χ2n) is 14.6. The average Bonchev–Trinajstić information content (AvgIpc) is 3.06. The van der Waals surface area contributed by atoms with E-state index in [0.29, 0.717) is 0 Å². The highest BCUT2D eigenvalue weighted by atomic mass is 32.5. The highest BCUT2D eigenvalue weighted by Crippen LogP contribution is 2.27. The van der Waals surface area contributed by atoms with Crippen LogP contribution in [0.3, 0.4) is 0 Å². The predicted molar refractivity (Wildman–Crippen MR) is 242 cm³/mol. The van der Waals surface area contributed by atoms with Crippen LogP contribution >= 0.6 is 13.4 Å². The van der Waals surface area contributed by atoms with Crippen molar-refractivity contribution in [2.24, 2.45) is 0 Å². The fourth-order valence-electron chi connectivity index (χ4n) is 5.74. The fourth-order valence-corrected chi connectivity index (χ4v) is 5.74. The highest BCUT2D eigenvalue weighted by Gasteiger charge is 1.95.